The van der Waals surface area contributed by atoms with Gasteiger partial charge in [0.1, 0.15) is 0 Å². The van der Waals surface area contributed by atoms with Gasteiger partial charge >= 0.3 is 0 Å². The lowest BCUT2D eigenvalue weighted by Gasteiger charge is -2.48. The van der Waals surface area contributed by atoms with Gasteiger partial charge in [0.15, 0.2) is 0 Å². The molecule has 0 spiro atoms. The summed E-state index contributed by atoms with van der Waals surface area (Å²) in [5.41, 5.74) is 10.9. The van der Waals surface area contributed by atoms with E-state index in [0.717, 1.165) is 17.7 Å². The van der Waals surface area contributed by atoms with Crippen LogP contribution in [0.4, 0.5) is 0 Å². The van der Waals surface area contributed by atoms with Crippen LogP contribution in [-0.2, 0) is 5.54 Å². The Balaban J connectivity index is 2.34. The standard InChI is InChI=1S/C16H20N2O/c1-4-12-11-7-9(2)8-16(12,17)13-5-6-14(19)18-15(13)10(11)3/h4-7,10-11H,8,17H2,1-3H3,(H,18,19)/t10-,11-,16+/m1/s1. The molecule has 19 heavy (non-hydrogen) atoms. The summed E-state index contributed by atoms with van der Waals surface area (Å²) in [5, 5.41) is 0. The molecule has 1 heterocycles. The molecule has 3 N–H and O–H groups in total. The fourth-order valence-corrected chi connectivity index (χ4v) is 3.83. The Hall–Kier alpha value is -1.61. The van der Waals surface area contributed by atoms with Crippen LogP contribution in [0.2, 0.25) is 0 Å². The number of hydrogen-bond acceptors (Lipinski definition) is 2. The summed E-state index contributed by atoms with van der Waals surface area (Å²) >= 11 is 0. The largest absolute Gasteiger partial charge is 0.326 e. The van der Waals surface area contributed by atoms with Gasteiger partial charge in [0.2, 0.25) is 5.56 Å². The maximum Gasteiger partial charge on any atom is 0.248 e. The fraction of sp³-hybridized carbons (Fsp3) is 0.438. The molecule has 2 bridgehead atoms. The highest BCUT2D eigenvalue weighted by atomic mass is 16.1. The predicted molar refractivity (Wildman–Crippen MR) is 77.0 cm³/mol. The minimum Gasteiger partial charge on any atom is -0.326 e. The zero-order valence-electron chi connectivity index (χ0n) is 11.7. The molecule has 3 atom stereocenters. The zero-order valence-corrected chi connectivity index (χ0v) is 11.7. The summed E-state index contributed by atoms with van der Waals surface area (Å²) < 4.78 is 0. The van der Waals surface area contributed by atoms with Crippen molar-refractivity contribution in [2.45, 2.75) is 38.6 Å². The number of aromatic nitrogens is 1. The van der Waals surface area contributed by atoms with Gasteiger partial charge in [-0.3, -0.25) is 4.79 Å². The Kier molecular flexibility index (Phi) is 2.58. The van der Waals surface area contributed by atoms with Crippen LogP contribution in [0.5, 0.6) is 0 Å². The van der Waals surface area contributed by atoms with Gasteiger partial charge in [0, 0.05) is 23.6 Å². The molecule has 2 aliphatic rings. The van der Waals surface area contributed by atoms with E-state index in [9.17, 15) is 4.79 Å². The number of rotatable bonds is 0. The lowest BCUT2D eigenvalue weighted by Crippen LogP contribution is -2.49. The first kappa shape index (κ1) is 12.4. The first-order valence-corrected chi connectivity index (χ1v) is 6.84. The number of allylic oxidation sites excluding steroid dienone is 2. The van der Waals surface area contributed by atoms with Gasteiger partial charge < -0.3 is 10.7 Å². The number of nitrogens with one attached hydrogen (secondary N) is 1. The summed E-state index contributed by atoms with van der Waals surface area (Å²) in [6, 6.07) is 3.49. The second-order valence-corrected chi connectivity index (χ2v) is 5.87. The first-order chi connectivity index (χ1) is 8.97. The number of pyridine rings is 1. The number of aromatic amines is 1. The molecule has 0 aromatic carbocycles. The van der Waals surface area contributed by atoms with E-state index in [-0.39, 0.29) is 11.5 Å². The lowest BCUT2D eigenvalue weighted by molar-refractivity contribution is 0.376. The van der Waals surface area contributed by atoms with Crippen molar-refractivity contribution in [3.63, 3.8) is 0 Å². The molecular formula is C16H20N2O. The van der Waals surface area contributed by atoms with E-state index in [2.05, 4.69) is 37.9 Å². The van der Waals surface area contributed by atoms with Crippen molar-refractivity contribution in [3.8, 4) is 0 Å². The maximum absolute atomic E-state index is 11.6. The average Bonchev–Trinajstić information content (AvgIpc) is 2.35. The number of fused-ring (bicyclic) bond motifs is 4. The highest BCUT2D eigenvalue weighted by molar-refractivity contribution is 5.50. The normalized spacial score (nSPS) is 34.9. The van der Waals surface area contributed by atoms with E-state index in [1.807, 2.05) is 6.07 Å². The summed E-state index contributed by atoms with van der Waals surface area (Å²) in [6.45, 7) is 6.36. The molecule has 0 saturated carbocycles. The third kappa shape index (κ3) is 1.58. The van der Waals surface area contributed by atoms with Crippen LogP contribution < -0.4 is 11.3 Å². The SMILES string of the molecule is CC=C1[C@@H]2C=C(C)C[C@@]1(N)c1ccc(=O)[nH]c1[C@@H]2C. The fourth-order valence-electron chi connectivity index (χ4n) is 3.83. The monoisotopic (exact) mass is 256 g/mol. The molecule has 3 rings (SSSR count). The molecule has 1 aromatic heterocycles. The highest BCUT2D eigenvalue weighted by Gasteiger charge is 2.46. The van der Waals surface area contributed by atoms with E-state index >= 15 is 0 Å². The Morgan fingerprint density at radius 1 is 1.47 bits per heavy atom. The molecule has 0 aliphatic heterocycles. The highest BCUT2D eigenvalue weighted by Crippen LogP contribution is 2.52. The van der Waals surface area contributed by atoms with Gasteiger partial charge in [-0.05, 0) is 37.5 Å². The molecular weight excluding hydrogens is 236 g/mol. The van der Waals surface area contributed by atoms with Crippen LogP contribution in [0.25, 0.3) is 0 Å². The molecule has 0 fully saturated rings. The number of hydrogen-bond donors (Lipinski definition) is 2. The molecule has 100 valence electrons. The van der Waals surface area contributed by atoms with Crippen molar-refractivity contribution in [1.29, 1.82) is 0 Å². The number of H-pyrrole nitrogens is 1. The summed E-state index contributed by atoms with van der Waals surface area (Å²) in [7, 11) is 0. The Morgan fingerprint density at radius 2 is 2.21 bits per heavy atom. The van der Waals surface area contributed by atoms with Crippen LogP contribution >= 0.6 is 0 Å². The third-order valence-electron chi connectivity index (χ3n) is 4.63. The van der Waals surface area contributed by atoms with Gasteiger partial charge in [0.25, 0.3) is 0 Å². The van der Waals surface area contributed by atoms with Crippen molar-refractivity contribution >= 4 is 0 Å². The van der Waals surface area contributed by atoms with Crippen molar-refractivity contribution in [2.24, 2.45) is 11.7 Å². The molecule has 0 amide bonds. The van der Waals surface area contributed by atoms with E-state index in [4.69, 9.17) is 5.73 Å². The van der Waals surface area contributed by atoms with Gasteiger partial charge in [0.05, 0.1) is 5.54 Å². The Morgan fingerprint density at radius 3 is 2.89 bits per heavy atom. The van der Waals surface area contributed by atoms with E-state index in [1.54, 1.807) is 6.07 Å². The zero-order chi connectivity index (χ0) is 13.8. The summed E-state index contributed by atoms with van der Waals surface area (Å²) in [6.07, 6.45) is 5.28. The Labute approximate surface area is 113 Å². The van der Waals surface area contributed by atoms with Crippen molar-refractivity contribution in [1.82, 2.24) is 4.98 Å². The third-order valence-corrected chi connectivity index (χ3v) is 4.63. The number of nitrogens with two attached hydrogens (primary N) is 1. The predicted octanol–water partition coefficient (Wildman–Crippen LogP) is 2.56. The summed E-state index contributed by atoms with van der Waals surface area (Å²) in [4.78, 5) is 14.6. The molecule has 3 heteroatoms. The van der Waals surface area contributed by atoms with E-state index < -0.39 is 5.54 Å². The van der Waals surface area contributed by atoms with Gasteiger partial charge in [-0.1, -0.05) is 24.6 Å². The van der Waals surface area contributed by atoms with E-state index in [0.29, 0.717) is 5.92 Å². The minimum atomic E-state index is -0.454. The maximum atomic E-state index is 11.6. The second-order valence-electron chi connectivity index (χ2n) is 5.87. The van der Waals surface area contributed by atoms with Gasteiger partial charge in [-0.25, -0.2) is 0 Å². The summed E-state index contributed by atoms with van der Waals surface area (Å²) in [5.74, 6) is 0.566. The molecule has 2 aliphatic carbocycles. The van der Waals surface area contributed by atoms with E-state index in [1.165, 1.54) is 11.1 Å². The first-order valence-electron chi connectivity index (χ1n) is 6.84. The van der Waals surface area contributed by atoms with Crippen molar-refractivity contribution < 1.29 is 0 Å². The molecule has 0 unspecified atom stereocenters. The van der Waals surface area contributed by atoms with Crippen molar-refractivity contribution in [2.75, 3.05) is 0 Å². The minimum absolute atomic E-state index is 0.0445. The van der Waals surface area contributed by atoms with Gasteiger partial charge in [-0.2, -0.15) is 0 Å². The van der Waals surface area contributed by atoms with Crippen LogP contribution in [0.1, 0.15) is 44.4 Å². The van der Waals surface area contributed by atoms with Crippen molar-refractivity contribution in [3.05, 3.63) is 57.0 Å². The smallest absolute Gasteiger partial charge is 0.248 e. The molecule has 0 radical (unpaired) electrons. The van der Waals surface area contributed by atoms with Crippen LogP contribution in [-0.4, -0.2) is 4.98 Å². The molecule has 3 nitrogen and oxygen atoms in total. The average molecular weight is 256 g/mol. The Bertz CT molecular complexity index is 653. The second kappa shape index (κ2) is 3.94. The van der Waals surface area contributed by atoms with Crippen LogP contribution in [0, 0.1) is 5.92 Å². The van der Waals surface area contributed by atoms with Crippen LogP contribution in [0.3, 0.4) is 0 Å². The quantitative estimate of drug-likeness (QED) is 0.701. The topological polar surface area (TPSA) is 58.9 Å². The van der Waals surface area contributed by atoms with Crippen LogP contribution in [0.15, 0.2) is 40.2 Å². The molecule has 0 saturated heterocycles. The lowest BCUT2D eigenvalue weighted by atomic mass is 9.60. The van der Waals surface area contributed by atoms with Gasteiger partial charge in [-0.15, -0.1) is 0 Å². The molecule has 1 aromatic rings.